The SMILES string of the molecule is C=C(C(=O)OCC)C(OC(C)=O)c1ccc(N)cc1. The summed E-state index contributed by atoms with van der Waals surface area (Å²) < 4.78 is 9.98. The van der Waals surface area contributed by atoms with E-state index < -0.39 is 18.0 Å². The lowest BCUT2D eigenvalue weighted by Gasteiger charge is -2.18. The van der Waals surface area contributed by atoms with Crippen LogP contribution >= 0.6 is 0 Å². The van der Waals surface area contributed by atoms with E-state index in [1.165, 1.54) is 6.92 Å². The molecule has 0 saturated carbocycles. The average molecular weight is 263 g/mol. The number of carbonyl (C=O) groups excluding carboxylic acids is 2. The summed E-state index contributed by atoms with van der Waals surface area (Å²) >= 11 is 0. The molecule has 1 aromatic rings. The van der Waals surface area contributed by atoms with Gasteiger partial charge in [-0.1, -0.05) is 18.7 Å². The van der Waals surface area contributed by atoms with Crippen molar-refractivity contribution in [2.24, 2.45) is 0 Å². The Labute approximate surface area is 112 Å². The first-order chi connectivity index (χ1) is 8.95. The van der Waals surface area contributed by atoms with E-state index in [-0.39, 0.29) is 12.2 Å². The minimum Gasteiger partial charge on any atom is -0.463 e. The molecule has 0 fully saturated rings. The number of hydrogen-bond acceptors (Lipinski definition) is 5. The van der Waals surface area contributed by atoms with Gasteiger partial charge in [0, 0.05) is 12.6 Å². The quantitative estimate of drug-likeness (QED) is 0.499. The van der Waals surface area contributed by atoms with Gasteiger partial charge in [-0.15, -0.1) is 0 Å². The summed E-state index contributed by atoms with van der Waals surface area (Å²) in [5.41, 5.74) is 6.85. The number of nitrogens with two attached hydrogens (primary N) is 1. The number of rotatable bonds is 5. The maximum Gasteiger partial charge on any atom is 0.337 e. The number of hydrogen-bond donors (Lipinski definition) is 1. The molecule has 1 unspecified atom stereocenters. The van der Waals surface area contributed by atoms with Gasteiger partial charge in [-0.05, 0) is 24.6 Å². The Hall–Kier alpha value is -2.30. The third-order valence-corrected chi connectivity index (χ3v) is 2.38. The summed E-state index contributed by atoms with van der Waals surface area (Å²) in [4.78, 5) is 22.8. The number of benzene rings is 1. The molecule has 5 nitrogen and oxygen atoms in total. The molecule has 0 aliphatic rings. The van der Waals surface area contributed by atoms with Crippen LogP contribution < -0.4 is 5.73 Å². The van der Waals surface area contributed by atoms with Gasteiger partial charge < -0.3 is 15.2 Å². The van der Waals surface area contributed by atoms with Crippen LogP contribution in [0.1, 0.15) is 25.5 Å². The van der Waals surface area contributed by atoms with Crippen LogP contribution in [0.25, 0.3) is 0 Å². The highest BCUT2D eigenvalue weighted by molar-refractivity contribution is 5.89. The van der Waals surface area contributed by atoms with Gasteiger partial charge in [0.1, 0.15) is 0 Å². The number of nitrogen functional groups attached to an aromatic ring is 1. The van der Waals surface area contributed by atoms with Crippen molar-refractivity contribution in [1.82, 2.24) is 0 Å². The third-order valence-electron chi connectivity index (χ3n) is 2.38. The molecule has 1 atom stereocenters. The van der Waals surface area contributed by atoms with Crippen molar-refractivity contribution in [1.29, 1.82) is 0 Å². The van der Waals surface area contributed by atoms with E-state index in [9.17, 15) is 9.59 Å². The van der Waals surface area contributed by atoms with E-state index in [0.717, 1.165) is 0 Å². The van der Waals surface area contributed by atoms with Gasteiger partial charge >= 0.3 is 11.9 Å². The molecule has 1 aromatic carbocycles. The second kappa shape index (κ2) is 6.58. The van der Waals surface area contributed by atoms with Crippen molar-refractivity contribution < 1.29 is 19.1 Å². The normalized spacial score (nSPS) is 11.5. The molecule has 2 N–H and O–H groups in total. The van der Waals surface area contributed by atoms with Gasteiger partial charge in [0.15, 0.2) is 6.10 Å². The molecule has 0 aliphatic carbocycles. The van der Waals surface area contributed by atoms with Gasteiger partial charge in [-0.25, -0.2) is 4.79 Å². The van der Waals surface area contributed by atoms with Gasteiger partial charge in [-0.3, -0.25) is 4.79 Å². The van der Waals surface area contributed by atoms with E-state index in [1.807, 2.05) is 0 Å². The Morgan fingerprint density at radius 2 is 1.89 bits per heavy atom. The summed E-state index contributed by atoms with van der Waals surface area (Å²) in [5.74, 6) is -1.10. The fraction of sp³-hybridized carbons (Fsp3) is 0.286. The van der Waals surface area contributed by atoms with Crippen LogP contribution in [0.2, 0.25) is 0 Å². The number of anilines is 1. The number of carbonyl (C=O) groups is 2. The van der Waals surface area contributed by atoms with E-state index in [4.69, 9.17) is 15.2 Å². The molecule has 1 rings (SSSR count). The zero-order chi connectivity index (χ0) is 14.4. The van der Waals surface area contributed by atoms with Crippen LogP contribution in [0.15, 0.2) is 36.4 Å². The highest BCUT2D eigenvalue weighted by Crippen LogP contribution is 2.26. The first kappa shape index (κ1) is 14.8. The monoisotopic (exact) mass is 263 g/mol. The standard InChI is InChI=1S/C14H17NO4/c1-4-18-14(17)9(2)13(19-10(3)16)11-5-7-12(15)8-6-11/h5-8,13H,2,4,15H2,1,3H3. The Morgan fingerprint density at radius 3 is 2.37 bits per heavy atom. The average Bonchev–Trinajstić information content (AvgIpc) is 2.36. The van der Waals surface area contributed by atoms with Crippen molar-refractivity contribution in [2.45, 2.75) is 20.0 Å². The molecule has 102 valence electrons. The maximum absolute atomic E-state index is 11.7. The van der Waals surface area contributed by atoms with Gasteiger partial charge in [0.2, 0.25) is 0 Å². The van der Waals surface area contributed by atoms with E-state index in [2.05, 4.69) is 6.58 Å². The lowest BCUT2D eigenvalue weighted by molar-refractivity contribution is -0.147. The van der Waals surface area contributed by atoms with Crippen molar-refractivity contribution in [3.63, 3.8) is 0 Å². The zero-order valence-electron chi connectivity index (χ0n) is 11.0. The minimum absolute atomic E-state index is 0.0711. The molecule has 5 heteroatoms. The predicted molar refractivity (Wildman–Crippen MR) is 71.1 cm³/mol. The molecular formula is C14H17NO4. The van der Waals surface area contributed by atoms with Crippen molar-refractivity contribution in [2.75, 3.05) is 12.3 Å². The Kier molecular flexibility index (Phi) is 5.11. The summed E-state index contributed by atoms with van der Waals surface area (Å²) in [7, 11) is 0. The molecule has 0 radical (unpaired) electrons. The fourth-order valence-electron chi connectivity index (χ4n) is 1.51. The van der Waals surface area contributed by atoms with Gasteiger partial charge in [-0.2, -0.15) is 0 Å². The van der Waals surface area contributed by atoms with Crippen LogP contribution in [0.3, 0.4) is 0 Å². The van der Waals surface area contributed by atoms with Crippen molar-refractivity contribution >= 4 is 17.6 Å². The lowest BCUT2D eigenvalue weighted by Crippen LogP contribution is -2.18. The van der Waals surface area contributed by atoms with Crippen LogP contribution in [-0.4, -0.2) is 18.5 Å². The topological polar surface area (TPSA) is 78.6 Å². The summed E-state index contributed by atoms with van der Waals surface area (Å²) in [6.45, 7) is 6.83. The highest BCUT2D eigenvalue weighted by atomic mass is 16.6. The first-order valence-corrected chi connectivity index (χ1v) is 5.84. The summed E-state index contributed by atoms with van der Waals surface area (Å²) in [6.07, 6.45) is -0.864. The van der Waals surface area contributed by atoms with Crippen molar-refractivity contribution in [3.05, 3.63) is 42.0 Å². The second-order valence-electron chi connectivity index (χ2n) is 3.90. The largest absolute Gasteiger partial charge is 0.463 e. The number of esters is 2. The number of ether oxygens (including phenoxy) is 2. The van der Waals surface area contributed by atoms with Crippen LogP contribution in [-0.2, 0) is 19.1 Å². The zero-order valence-corrected chi connectivity index (χ0v) is 11.0. The minimum atomic E-state index is -0.864. The molecule has 0 aromatic heterocycles. The molecule has 0 aliphatic heterocycles. The maximum atomic E-state index is 11.7. The fourth-order valence-corrected chi connectivity index (χ4v) is 1.51. The summed E-state index contributed by atoms with van der Waals surface area (Å²) in [5, 5.41) is 0. The molecule has 0 heterocycles. The molecular weight excluding hydrogens is 246 g/mol. The molecule has 19 heavy (non-hydrogen) atoms. The highest BCUT2D eigenvalue weighted by Gasteiger charge is 2.24. The molecule has 0 saturated heterocycles. The van der Waals surface area contributed by atoms with Crippen LogP contribution in [0.4, 0.5) is 5.69 Å². The predicted octanol–water partition coefficient (Wildman–Crippen LogP) is 1.99. The van der Waals surface area contributed by atoms with E-state index >= 15 is 0 Å². The van der Waals surface area contributed by atoms with Gasteiger partial charge in [0.25, 0.3) is 0 Å². The molecule has 0 amide bonds. The Morgan fingerprint density at radius 1 is 1.32 bits per heavy atom. The second-order valence-corrected chi connectivity index (χ2v) is 3.90. The van der Waals surface area contributed by atoms with Crippen LogP contribution in [0.5, 0.6) is 0 Å². The summed E-state index contributed by atoms with van der Waals surface area (Å²) in [6, 6.07) is 6.66. The molecule has 0 bridgehead atoms. The lowest BCUT2D eigenvalue weighted by atomic mass is 10.0. The third kappa shape index (κ3) is 4.13. The Balaban J connectivity index is 3.00. The van der Waals surface area contributed by atoms with Crippen LogP contribution in [0, 0.1) is 0 Å². The first-order valence-electron chi connectivity index (χ1n) is 5.84. The Bertz CT molecular complexity index is 479. The van der Waals surface area contributed by atoms with E-state index in [1.54, 1.807) is 31.2 Å². The van der Waals surface area contributed by atoms with Gasteiger partial charge in [0.05, 0.1) is 12.2 Å². The molecule has 0 spiro atoms. The smallest absolute Gasteiger partial charge is 0.337 e. The van der Waals surface area contributed by atoms with Crippen molar-refractivity contribution in [3.8, 4) is 0 Å². The van der Waals surface area contributed by atoms with E-state index in [0.29, 0.717) is 11.3 Å².